The van der Waals surface area contributed by atoms with Crippen LogP contribution < -0.4 is 15.0 Å². The fraction of sp³-hybridized carbons (Fsp3) is 0.300. The molecule has 1 fully saturated rings. The number of nitriles is 1. The van der Waals surface area contributed by atoms with Crippen LogP contribution >= 0.6 is 0 Å². The first-order chi connectivity index (χ1) is 14.2. The molecule has 1 saturated heterocycles. The zero-order valence-electron chi connectivity index (χ0n) is 15.3. The van der Waals surface area contributed by atoms with Crippen molar-refractivity contribution >= 4 is 11.6 Å². The van der Waals surface area contributed by atoms with Crippen LogP contribution in [0.2, 0.25) is 0 Å². The van der Waals surface area contributed by atoms with Gasteiger partial charge in [0.2, 0.25) is 0 Å². The number of piperidine rings is 1. The third-order valence-electron chi connectivity index (χ3n) is 5.20. The maximum absolute atomic E-state index is 14.2. The Kier molecular flexibility index (Phi) is 4.76. The Morgan fingerprint density at radius 3 is 2.67 bits per heavy atom. The third-order valence-corrected chi connectivity index (χ3v) is 5.20. The summed E-state index contributed by atoms with van der Waals surface area (Å²) in [6.07, 6.45) is -4.40. The lowest BCUT2D eigenvalue weighted by molar-refractivity contribution is -0.174. The smallest absolute Gasteiger partial charge is 0.455 e. The van der Waals surface area contributed by atoms with Crippen LogP contribution in [0.5, 0.6) is 11.5 Å². The number of hydrogen-bond acceptors (Lipinski definition) is 4. The van der Waals surface area contributed by atoms with Gasteiger partial charge in [0.05, 0.1) is 23.3 Å². The largest absolute Gasteiger partial charge is 0.471 e. The number of carbonyl (C=O) groups is 1. The van der Waals surface area contributed by atoms with Crippen LogP contribution in [0.3, 0.4) is 0 Å². The number of hydrogen-bond donors (Lipinski definition) is 1. The number of benzene rings is 2. The molecule has 2 aromatic rings. The van der Waals surface area contributed by atoms with Gasteiger partial charge < -0.3 is 15.0 Å². The molecule has 30 heavy (non-hydrogen) atoms. The van der Waals surface area contributed by atoms with Gasteiger partial charge in [-0.3, -0.25) is 4.79 Å². The summed E-state index contributed by atoms with van der Waals surface area (Å²) in [6, 6.07) is 5.70. The molecular weight excluding hydrogens is 409 g/mol. The molecule has 2 aliphatic heterocycles. The molecule has 0 saturated carbocycles. The van der Waals surface area contributed by atoms with Crippen LogP contribution in [-0.4, -0.2) is 24.7 Å². The molecule has 1 N–H and O–H groups in total. The Labute approximate surface area is 167 Å². The molecule has 0 aliphatic carbocycles. The van der Waals surface area contributed by atoms with E-state index in [0.29, 0.717) is 18.5 Å². The molecule has 2 aliphatic rings. The van der Waals surface area contributed by atoms with Gasteiger partial charge in [0.25, 0.3) is 0 Å². The van der Waals surface area contributed by atoms with Crippen molar-refractivity contribution in [1.82, 2.24) is 5.32 Å². The average Bonchev–Trinajstić information content (AvgIpc) is 2.80. The maximum atomic E-state index is 14.2. The van der Waals surface area contributed by atoms with Crippen LogP contribution in [0.1, 0.15) is 30.0 Å². The molecule has 0 bridgehead atoms. The molecule has 5 nitrogen and oxygen atoms in total. The minimum Gasteiger partial charge on any atom is -0.455 e. The van der Waals surface area contributed by atoms with Crippen molar-refractivity contribution in [1.29, 1.82) is 5.26 Å². The second kappa shape index (κ2) is 7.16. The summed E-state index contributed by atoms with van der Waals surface area (Å²) in [5, 5.41) is 11.2. The summed E-state index contributed by atoms with van der Waals surface area (Å²) < 4.78 is 72.3. The van der Waals surface area contributed by atoms with Crippen LogP contribution in [-0.2, 0) is 4.79 Å². The number of nitrogens with zero attached hydrogens (tertiary/aromatic N) is 2. The topological polar surface area (TPSA) is 65.4 Å². The molecule has 2 atom stereocenters. The number of nitrogens with one attached hydrogen (secondary N) is 1. The fourth-order valence-electron chi connectivity index (χ4n) is 3.95. The van der Waals surface area contributed by atoms with Gasteiger partial charge in [-0.05, 0) is 25.0 Å². The molecule has 0 unspecified atom stereocenters. The third kappa shape index (κ3) is 3.40. The molecule has 0 radical (unpaired) electrons. The number of alkyl halides is 3. The maximum Gasteiger partial charge on any atom is 0.471 e. The van der Waals surface area contributed by atoms with Gasteiger partial charge in [0.15, 0.2) is 5.75 Å². The summed E-state index contributed by atoms with van der Waals surface area (Å²) >= 11 is 0. The van der Waals surface area contributed by atoms with E-state index in [1.807, 2.05) is 5.32 Å². The highest BCUT2D eigenvalue weighted by molar-refractivity contribution is 5.82. The predicted octanol–water partition coefficient (Wildman–Crippen LogP) is 4.33. The van der Waals surface area contributed by atoms with Crippen LogP contribution in [0.15, 0.2) is 30.3 Å². The summed E-state index contributed by atoms with van der Waals surface area (Å²) in [5.41, 5.74) is 0.355. The van der Waals surface area contributed by atoms with E-state index in [0.717, 1.165) is 18.2 Å². The highest BCUT2D eigenvalue weighted by Crippen LogP contribution is 2.48. The molecular formula is C20H14F5N3O2. The Bertz CT molecular complexity index is 1060. The highest BCUT2D eigenvalue weighted by Gasteiger charge is 2.44. The van der Waals surface area contributed by atoms with Crippen LogP contribution in [0.4, 0.5) is 27.6 Å². The molecule has 10 heteroatoms. The SMILES string of the molecule is N#Cc1cc2c(cc1F)Oc1cc(F)ccc1[C@H]1[C@H](NC(=O)C(F)(F)F)CCCN21. The zero-order valence-corrected chi connectivity index (χ0v) is 15.3. The number of amides is 1. The summed E-state index contributed by atoms with van der Waals surface area (Å²) in [6.45, 7) is 0.354. The molecule has 4 rings (SSSR count). The van der Waals surface area contributed by atoms with Crippen molar-refractivity contribution in [2.45, 2.75) is 31.1 Å². The lowest BCUT2D eigenvalue weighted by atomic mass is 9.89. The normalized spacial score (nSPS) is 20.1. The highest BCUT2D eigenvalue weighted by atomic mass is 19.4. The molecule has 2 aromatic carbocycles. The fourth-order valence-corrected chi connectivity index (χ4v) is 3.95. The molecule has 0 spiro atoms. The van der Waals surface area contributed by atoms with Gasteiger partial charge in [-0.1, -0.05) is 6.07 Å². The quantitative estimate of drug-likeness (QED) is 0.694. The van der Waals surface area contributed by atoms with E-state index in [9.17, 15) is 32.0 Å². The van der Waals surface area contributed by atoms with Gasteiger partial charge in [-0.25, -0.2) is 8.78 Å². The standard InChI is InChI=1S/C20H14F5N3O2/c21-11-3-4-12-16(7-11)30-17-8-13(22)10(9-26)6-15(17)28-5-1-2-14(18(12)28)27-19(29)20(23,24)25/h3-4,6-8,14,18H,1-2,5H2,(H,27,29)/t14-,18+/m1/s1. The summed E-state index contributed by atoms with van der Waals surface area (Å²) in [4.78, 5) is 13.3. The first-order valence-electron chi connectivity index (χ1n) is 9.04. The Balaban J connectivity index is 1.87. The second-order valence-electron chi connectivity index (χ2n) is 7.05. The number of halogens is 5. The van der Waals surface area contributed by atoms with Crippen molar-refractivity contribution in [3.63, 3.8) is 0 Å². The van der Waals surface area contributed by atoms with E-state index in [1.54, 1.807) is 11.0 Å². The molecule has 2 heterocycles. The Hall–Kier alpha value is -3.35. The van der Waals surface area contributed by atoms with E-state index < -0.39 is 35.8 Å². The van der Waals surface area contributed by atoms with Crippen molar-refractivity contribution in [2.24, 2.45) is 0 Å². The van der Waals surface area contributed by atoms with Gasteiger partial charge in [0.1, 0.15) is 23.5 Å². The van der Waals surface area contributed by atoms with E-state index in [2.05, 4.69) is 0 Å². The number of rotatable bonds is 1. The molecule has 156 valence electrons. The number of anilines is 1. The predicted molar refractivity (Wildman–Crippen MR) is 94.9 cm³/mol. The summed E-state index contributed by atoms with van der Waals surface area (Å²) in [7, 11) is 0. The molecule has 0 aromatic heterocycles. The monoisotopic (exact) mass is 423 g/mol. The van der Waals surface area contributed by atoms with E-state index >= 15 is 0 Å². The van der Waals surface area contributed by atoms with E-state index in [-0.39, 0.29) is 29.2 Å². The van der Waals surface area contributed by atoms with E-state index in [1.165, 1.54) is 12.1 Å². The van der Waals surface area contributed by atoms with Crippen LogP contribution in [0.25, 0.3) is 0 Å². The molecule has 1 amide bonds. The minimum absolute atomic E-state index is 0.000940. The lowest BCUT2D eigenvalue weighted by Gasteiger charge is -2.42. The zero-order chi connectivity index (χ0) is 21.6. The van der Waals surface area contributed by atoms with Crippen molar-refractivity contribution in [2.75, 3.05) is 11.4 Å². The van der Waals surface area contributed by atoms with Crippen molar-refractivity contribution < 1.29 is 31.5 Å². The van der Waals surface area contributed by atoms with Crippen molar-refractivity contribution in [3.05, 3.63) is 53.1 Å². The second-order valence-corrected chi connectivity index (χ2v) is 7.05. The first kappa shape index (κ1) is 19.9. The first-order valence-corrected chi connectivity index (χ1v) is 9.04. The van der Waals surface area contributed by atoms with Gasteiger partial charge in [-0.15, -0.1) is 0 Å². The van der Waals surface area contributed by atoms with Gasteiger partial charge in [0, 0.05) is 24.2 Å². The number of fused-ring (bicyclic) bond motifs is 5. The van der Waals surface area contributed by atoms with E-state index in [4.69, 9.17) is 4.74 Å². The van der Waals surface area contributed by atoms with Crippen LogP contribution in [0, 0.1) is 23.0 Å². The Morgan fingerprint density at radius 1 is 1.20 bits per heavy atom. The summed E-state index contributed by atoms with van der Waals surface area (Å²) in [5.74, 6) is -3.57. The van der Waals surface area contributed by atoms with Crippen molar-refractivity contribution in [3.8, 4) is 17.6 Å². The minimum atomic E-state index is -5.07. The average molecular weight is 423 g/mol. The Morgan fingerprint density at radius 2 is 1.97 bits per heavy atom. The van der Waals surface area contributed by atoms with Gasteiger partial charge >= 0.3 is 12.1 Å². The lowest BCUT2D eigenvalue weighted by Crippen LogP contribution is -2.52. The number of carbonyl (C=O) groups excluding carboxylic acids is 1. The number of ether oxygens (including phenoxy) is 1. The van der Waals surface area contributed by atoms with Gasteiger partial charge in [-0.2, -0.15) is 18.4 Å².